The van der Waals surface area contributed by atoms with E-state index in [2.05, 4.69) is 14.8 Å². The van der Waals surface area contributed by atoms with Gasteiger partial charge in [-0.2, -0.15) is 0 Å². The number of aliphatic imine (C=N–C) groups is 1. The minimum absolute atomic E-state index is 0.0556. The van der Waals surface area contributed by atoms with Crippen LogP contribution >= 0.6 is 11.8 Å². The Bertz CT molecular complexity index is 960. The quantitative estimate of drug-likeness (QED) is 0.319. The van der Waals surface area contributed by atoms with Crippen molar-refractivity contribution in [1.82, 2.24) is 14.9 Å². The lowest BCUT2D eigenvalue weighted by Gasteiger charge is -2.35. The van der Waals surface area contributed by atoms with Crippen LogP contribution in [0.15, 0.2) is 29.3 Å². The van der Waals surface area contributed by atoms with E-state index in [9.17, 15) is 10.1 Å². The van der Waals surface area contributed by atoms with Crippen LogP contribution in [-0.2, 0) is 17.7 Å². The highest BCUT2D eigenvalue weighted by atomic mass is 32.2. The number of non-ortho nitro benzene ring substituents is 1. The van der Waals surface area contributed by atoms with E-state index in [1.807, 2.05) is 13.3 Å². The third-order valence-electron chi connectivity index (χ3n) is 5.33. The van der Waals surface area contributed by atoms with Gasteiger partial charge < -0.3 is 14.5 Å². The Kier molecular flexibility index (Phi) is 6.14. The van der Waals surface area contributed by atoms with Crippen molar-refractivity contribution in [1.29, 1.82) is 0 Å². The average molecular weight is 429 g/mol. The molecule has 0 radical (unpaired) electrons. The summed E-state index contributed by atoms with van der Waals surface area (Å²) in [6, 6.07) is 6.41. The van der Waals surface area contributed by atoms with Crippen LogP contribution in [0.4, 0.5) is 11.5 Å². The van der Waals surface area contributed by atoms with Gasteiger partial charge in [0, 0.05) is 49.9 Å². The molecule has 0 unspecified atom stereocenters. The van der Waals surface area contributed by atoms with Crippen molar-refractivity contribution in [3.8, 4) is 11.4 Å². The van der Waals surface area contributed by atoms with Crippen molar-refractivity contribution < 1.29 is 9.66 Å². The minimum Gasteiger partial charge on any atom is -0.378 e. The number of rotatable bonds is 3. The third-order valence-corrected chi connectivity index (χ3v) is 6.14. The topological polar surface area (TPSA) is 97.0 Å². The summed E-state index contributed by atoms with van der Waals surface area (Å²) < 4.78 is 5.52. The van der Waals surface area contributed by atoms with Crippen LogP contribution in [0.3, 0.4) is 0 Å². The van der Waals surface area contributed by atoms with E-state index in [-0.39, 0.29) is 5.69 Å². The number of nitrogens with zero attached hydrogens (tertiary/aromatic N) is 6. The van der Waals surface area contributed by atoms with Gasteiger partial charge in [-0.1, -0.05) is 11.8 Å². The molecule has 2 aromatic rings. The van der Waals surface area contributed by atoms with Gasteiger partial charge in [-0.05, 0) is 24.8 Å². The summed E-state index contributed by atoms with van der Waals surface area (Å²) in [4.78, 5) is 29.3. The number of thioether (sulfide) groups is 1. The molecule has 1 aromatic heterocycles. The zero-order valence-electron chi connectivity index (χ0n) is 17.1. The number of nitro groups is 1. The number of hydrogen-bond donors (Lipinski definition) is 0. The summed E-state index contributed by atoms with van der Waals surface area (Å²) in [7, 11) is 1.81. The van der Waals surface area contributed by atoms with Gasteiger partial charge in [0.05, 0.1) is 30.4 Å². The van der Waals surface area contributed by atoms with Gasteiger partial charge in [0.15, 0.2) is 11.0 Å². The standard InChI is InChI=1S/C20H24N6O3S/c1-21-20(30-2)25-8-7-16-17(13-25)22-18(14-3-5-15(6-4-14)26(27)28)23-19(16)24-9-11-29-12-10-24/h3-6H,7-13H2,1-2H3. The Morgan fingerprint density at radius 2 is 1.93 bits per heavy atom. The van der Waals surface area contributed by atoms with Gasteiger partial charge in [0.1, 0.15) is 5.82 Å². The highest BCUT2D eigenvalue weighted by molar-refractivity contribution is 8.13. The first-order valence-corrected chi connectivity index (χ1v) is 11.1. The summed E-state index contributed by atoms with van der Waals surface area (Å²) in [5.74, 6) is 1.54. The number of nitro benzene ring substituents is 1. The molecule has 0 amide bonds. The molecular weight excluding hydrogens is 404 g/mol. The predicted octanol–water partition coefficient (Wildman–Crippen LogP) is 2.60. The molecule has 1 saturated heterocycles. The van der Waals surface area contributed by atoms with Gasteiger partial charge in [0.2, 0.25) is 0 Å². The van der Waals surface area contributed by atoms with E-state index in [1.54, 1.807) is 23.9 Å². The van der Waals surface area contributed by atoms with Crippen LogP contribution in [0.1, 0.15) is 11.3 Å². The Labute approximate surface area is 179 Å². The van der Waals surface area contributed by atoms with E-state index >= 15 is 0 Å². The second-order valence-corrected chi connectivity index (χ2v) is 7.85. The maximum atomic E-state index is 11.0. The molecule has 0 aliphatic carbocycles. The molecule has 2 aliphatic heterocycles. The molecule has 10 heteroatoms. The predicted molar refractivity (Wildman–Crippen MR) is 118 cm³/mol. The Balaban J connectivity index is 1.75. The molecule has 0 spiro atoms. The largest absolute Gasteiger partial charge is 0.378 e. The number of morpholine rings is 1. The van der Waals surface area contributed by atoms with E-state index in [1.165, 1.54) is 17.7 Å². The fraction of sp³-hybridized carbons (Fsp3) is 0.450. The molecule has 3 heterocycles. The Morgan fingerprint density at radius 3 is 2.57 bits per heavy atom. The van der Waals surface area contributed by atoms with Crippen LogP contribution in [0.25, 0.3) is 11.4 Å². The maximum Gasteiger partial charge on any atom is 0.269 e. The Hall–Kier alpha value is -2.72. The van der Waals surface area contributed by atoms with Gasteiger partial charge in [-0.3, -0.25) is 15.1 Å². The van der Waals surface area contributed by atoms with Crippen molar-refractivity contribution in [2.45, 2.75) is 13.0 Å². The second-order valence-electron chi connectivity index (χ2n) is 7.08. The maximum absolute atomic E-state index is 11.0. The van der Waals surface area contributed by atoms with Crippen LogP contribution < -0.4 is 4.90 Å². The zero-order chi connectivity index (χ0) is 21.1. The Morgan fingerprint density at radius 1 is 1.20 bits per heavy atom. The van der Waals surface area contributed by atoms with Crippen molar-refractivity contribution in [3.05, 3.63) is 45.6 Å². The van der Waals surface area contributed by atoms with Crippen LogP contribution in [-0.4, -0.2) is 71.1 Å². The van der Waals surface area contributed by atoms with Crippen LogP contribution in [0, 0.1) is 10.1 Å². The normalized spacial score (nSPS) is 17.1. The van der Waals surface area contributed by atoms with Gasteiger partial charge in [0.25, 0.3) is 5.69 Å². The molecule has 158 valence electrons. The molecule has 2 aliphatic rings. The molecule has 0 saturated carbocycles. The third kappa shape index (κ3) is 4.10. The monoisotopic (exact) mass is 428 g/mol. The summed E-state index contributed by atoms with van der Waals surface area (Å²) in [6.45, 7) is 4.48. The molecule has 4 rings (SSSR count). The van der Waals surface area contributed by atoms with E-state index in [0.717, 1.165) is 48.3 Å². The first kappa shape index (κ1) is 20.5. The molecule has 30 heavy (non-hydrogen) atoms. The van der Waals surface area contributed by atoms with Crippen molar-refractivity contribution in [2.24, 2.45) is 4.99 Å². The lowest BCUT2D eigenvalue weighted by Crippen LogP contribution is -2.40. The van der Waals surface area contributed by atoms with Crippen LogP contribution in [0.5, 0.6) is 0 Å². The number of anilines is 1. The van der Waals surface area contributed by atoms with Crippen LogP contribution in [0.2, 0.25) is 0 Å². The molecule has 1 fully saturated rings. The number of hydrogen-bond acceptors (Lipinski definition) is 8. The lowest BCUT2D eigenvalue weighted by atomic mass is 10.0. The number of aromatic nitrogens is 2. The zero-order valence-corrected chi connectivity index (χ0v) is 17.9. The van der Waals surface area contributed by atoms with Crippen molar-refractivity contribution >= 4 is 28.4 Å². The van der Waals surface area contributed by atoms with E-state index in [0.29, 0.717) is 25.6 Å². The number of amidine groups is 1. The summed E-state index contributed by atoms with van der Waals surface area (Å²) in [5, 5.41) is 12.0. The molecule has 0 atom stereocenters. The van der Waals surface area contributed by atoms with Crippen molar-refractivity contribution in [2.75, 3.05) is 51.1 Å². The summed E-state index contributed by atoms with van der Waals surface area (Å²) >= 11 is 1.63. The SMILES string of the molecule is CN=C(SC)N1CCc2c(nc(-c3ccc([N+](=O)[O-])cc3)nc2N2CCOCC2)C1. The fourth-order valence-corrected chi connectivity index (χ4v) is 4.43. The number of fused-ring (bicyclic) bond motifs is 1. The number of benzene rings is 1. The summed E-state index contributed by atoms with van der Waals surface area (Å²) in [5.41, 5.74) is 2.99. The summed E-state index contributed by atoms with van der Waals surface area (Å²) in [6.07, 6.45) is 2.88. The van der Waals surface area contributed by atoms with E-state index in [4.69, 9.17) is 14.7 Å². The van der Waals surface area contributed by atoms with Crippen molar-refractivity contribution in [3.63, 3.8) is 0 Å². The first-order chi connectivity index (χ1) is 14.6. The van der Waals surface area contributed by atoms with Gasteiger partial charge >= 0.3 is 0 Å². The minimum atomic E-state index is -0.400. The second kappa shape index (κ2) is 8.97. The lowest BCUT2D eigenvalue weighted by molar-refractivity contribution is -0.384. The highest BCUT2D eigenvalue weighted by Crippen LogP contribution is 2.31. The van der Waals surface area contributed by atoms with Gasteiger partial charge in [-0.25, -0.2) is 9.97 Å². The number of ether oxygens (including phenoxy) is 1. The first-order valence-electron chi connectivity index (χ1n) is 9.83. The smallest absolute Gasteiger partial charge is 0.269 e. The van der Waals surface area contributed by atoms with Gasteiger partial charge in [-0.15, -0.1) is 0 Å². The van der Waals surface area contributed by atoms with E-state index < -0.39 is 4.92 Å². The molecule has 0 N–H and O–H groups in total. The molecule has 0 bridgehead atoms. The fourth-order valence-electron chi connectivity index (χ4n) is 3.83. The molecule has 1 aromatic carbocycles. The average Bonchev–Trinajstić information content (AvgIpc) is 2.79. The highest BCUT2D eigenvalue weighted by Gasteiger charge is 2.27. The molecular formula is C20H24N6O3S. The molecule has 9 nitrogen and oxygen atoms in total.